The van der Waals surface area contributed by atoms with Crippen LogP contribution < -0.4 is 16.4 Å². The maximum Gasteiger partial charge on any atom is 0.488 e. The van der Waals surface area contributed by atoms with Crippen molar-refractivity contribution in [2.24, 2.45) is 0 Å². The van der Waals surface area contributed by atoms with E-state index >= 15 is 0 Å². The predicted molar refractivity (Wildman–Crippen MR) is 127 cm³/mol. The van der Waals surface area contributed by atoms with Crippen molar-refractivity contribution in [2.75, 3.05) is 0 Å². The number of Topliss-reactive ketones (excluding diaryl/α,β-unsaturated/α-hetero) is 1. The molecular formula is C22H27B3O6. The molecule has 6 nitrogen and oxygen atoms in total. The van der Waals surface area contributed by atoms with Gasteiger partial charge in [-0.25, -0.2) is 0 Å². The third kappa shape index (κ3) is 10.3. The molecule has 0 aliphatic carbocycles. The summed E-state index contributed by atoms with van der Waals surface area (Å²) in [5, 5.41) is 43.9. The van der Waals surface area contributed by atoms with Crippen molar-refractivity contribution in [3.8, 4) is 0 Å². The van der Waals surface area contributed by atoms with Crippen LogP contribution >= 0.6 is 0 Å². The minimum absolute atomic E-state index is 0.0334. The van der Waals surface area contributed by atoms with Gasteiger partial charge in [-0.2, -0.15) is 0 Å². The van der Waals surface area contributed by atoms with Gasteiger partial charge in [-0.1, -0.05) is 91.2 Å². The molecule has 0 unspecified atom stereocenters. The van der Waals surface area contributed by atoms with Crippen LogP contribution in [0.15, 0.2) is 78.9 Å². The summed E-state index contributed by atoms with van der Waals surface area (Å²) in [5.74, 6) is -0.0334. The largest absolute Gasteiger partial charge is 0.488 e. The van der Waals surface area contributed by atoms with E-state index in [2.05, 4.69) is 0 Å². The van der Waals surface area contributed by atoms with Crippen LogP contribution in [0.2, 0.25) is 6.82 Å². The van der Waals surface area contributed by atoms with Gasteiger partial charge in [0.05, 0.1) is 0 Å². The molecule has 0 fully saturated rings. The van der Waals surface area contributed by atoms with E-state index < -0.39 is 14.2 Å². The van der Waals surface area contributed by atoms with Gasteiger partial charge in [0.15, 0.2) is 5.78 Å². The van der Waals surface area contributed by atoms with E-state index in [4.69, 9.17) is 25.1 Å². The summed E-state index contributed by atoms with van der Waals surface area (Å²) >= 11 is 0. The summed E-state index contributed by atoms with van der Waals surface area (Å²) in [5.41, 5.74) is 3.50. The van der Waals surface area contributed by atoms with Crippen LogP contribution in [0.1, 0.15) is 22.8 Å². The van der Waals surface area contributed by atoms with E-state index in [0.717, 1.165) is 11.0 Å². The molecule has 0 heterocycles. The molecule has 5 N–H and O–H groups in total. The van der Waals surface area contributed by atoms with E-state index in [1.165, 1.54) is 19.1 Å². The fourth-order valence-electron chi connectivity index (χ4n) is 2.45. The summed E-state index contributed by atoms with van der Waals surface area (Å²) in [6.45, 7) is 4.79. The van der Waals surface area contributed by atoms with Gasteiger partial charge < -0.3 is 25.1 Å². The van der Waals surface area contributed by atoms with Gasteiger partial charge >= 0.3 is 21.2 Å². The zero-order valence-corrected chi connectivity index (χ0v) is 17.9. The standard InChI is InChI=1S/C8H9BO3.C7H9BO2.C7H9BO/c1-6(10)7-2-4-8(5-3-7)9(11)12;1-6-3-2-4-7(5-6)8(9)10;1-8(9)7-5-3-2-4-6-7/h2-5,11-12H,1H3;2-5,9-10H,1H3;2-6,9H,1H3. The van der Waals surface area contributed by atoms with Crippen molar-refractivity contribution in [2.45, 2.75) is 20.7 Å². The van der Waals surface area contributed by atoms with E-state index in [-0.39, 0.29) is 12.7 Å². The number of rotatable bonds is 4. The number of hydrogen-bond donors (Lipinski definition) is 5. The lowest BCUT2D eigenvalue weighted by molar-refractivity contribution is 0.101. The molecule has 0 spiro atoms. The monoisotopic (exact) mass is 420 g/mol. The summed E-state index contributed by atoms with van der Waals surface area (Å²) in [4.78, 5) is 10.8. The first-order chi connectivity index (χ1) is 14.6. The molecule has 9 heteroatoms. The van der Waals surface area contributed by atoms with Gasteiger partial charge in [0.25, 0.3) is 0 Å². The number of carbonyl (C=O) groups is 1. The fraction of sp³-hybridized carbons (Fsp3) is 0.136. The van der Waals surface area contributed by atoms with Crippen molar-refractivity contribution in [1.29, 1.82) is 0 Å². The molecule has 31 heavy (non-hydrogen) atoms. The third-order valence-corrected chi connectivity index (χ3v) is 4.24. The molecule has 3 aromatic rings. The summed E-state index contributed by atoms with van der Waals surface area (Å²) in [7, 11) is -2.81. The average molecular weight is 420 g/mol. The Kier molecular flexibility index (Phi) is 11.6. The van der Waals surface area contributed by atoms with E-state index in [0.29, 0.717) is 16.5 Å². The Morgan fingerprint density at radius 1 is 0.677 bits per heavy atom. The first-order valence-corrected chi connectivity index (χ1v) is 9.74. The number of benzene rings is 3. The van der Waals surface area contributed by atoms with Gasteiger partial charge in [-0.15, -0.1) is 0 Å². The lowest BCUT2D eigenvalue weighted by Crippen LogP contribution is -2.29. The fourth-order valence-corrected chi connectivity index (χ4v) is 2.45. The van der Waals surface area contributed by atoms with E-state index in [9.17, 15) is 4.79 Å². The molecule has 0 bridgehead atoms. The molecule has 0 aliphatic rings. The van der Waals surface area contributed by atoms with Crippen molar-refractivity contribution in [3.05, 3.63) is 90.0 Å². The first kappa shape index (κ1) is 26.4. The Bertz CT molecular complexity index is 916. The second kappa shape index (κ2) is 13.6. The highest BCUT2D eigenvalue weighted by Crippen LogP contribution is 1.97. The van der Waals surface area contributed by atoms with Crippen LogP contribution in [0.25, 0.3) is 0 Å². The first-order valence-electron chi connectivity index (χ1n) is 9.74. The van der Waals surface area contributed by atoms with Crippen LogP contribution in [0.3, 0.4) is 0 Å². The topological polar surface area (TPSA) is 118 Å². The Balaban J connectivity index is 0.000000235. The maximum atomic E-state index is 10.8. The normalized spacial score (nSPS) is 9.42. The van der Waals surface area contributed by atoms with Crippen LogP contribution in [0.5, 0.6) is 0 Å². The zero-order chi connectivity index (χ0) is 23.4. The molecule has 0 amide bonds. The van der Waals surface area contributed by atoms with Gasteiger partial charge in [-0.05, 0) is 30.2 Å². The second-order valence-electron chi connectivity index (χ2n) is 6.93. The summed E-state index contributed by atoms with van der Waals surface area (Å²) < 4.78 is 0. The third-order valence-electron chi connectivity index (χ3n) is 4.24. The minimum Gasteiger partial charge on any atom is -0.447 e. The van der Waals surface area contributed by atoms with Crippen LogP contribution in [-0.4, -0.2) is 52.1 Å². The lowest BCUT2D eigenvalue weighted by atomic mass is 9.64. The smallest absolute Gasteiger partial charge is 0.447 e. The highest BCUT2D eigenvalue weighted by Gasteiger charge is 2.10. The molecule has 160 valence electrons. The molecule has 0 aliphatic heterocycles. The Hall–Kier alpha value is -2.68. The molecule has 0 aromatic heterocycles. The summed E-state index contributed by atoms with van der Waals surface area (Å²) in [6.07, 6.45) is 0. The molecule has 3 aromatic carbocycles. The van der Waals surface area contributed by atoms with E-state index in [1.54, 1.807) is 37.2 Å². The van der Waals surface area contributed by atoms with Gasteiger partial charge in [0.2, 0.25) is 0 Å². The van der Waals surface area contributed by atoms with Crippen molar-refractivity contribution in [1.82, 2.24) is 0 Å². The predicted octanol–water partition coefficient (Wildman–Crippen LogP) is -0.249. The minimum atomic E-state index is -1.47. The molecule has 0 saturated carbocycles. The molecule has 0 radical (unpaired) electrons. The SMILES string of the molecule is CB(O)c1ccccc1.CC(=O)c1ccc(B(O)O)cc1.Cc1cccc(B(O)O)c1. The second-order valence-corrected chi connectivity index (χ2v) is 6.93. The van der Waals surface area contributed by atoms with Crippen molar-refractivity contribution >= 4 is 43.3 Å². The quantitative estimate of drug-likeness (QED) is 0.294. The van der Waals surface area contributed by atoms with Crippen LogP contribution in [0.4, 0.5) is 0 Å². The Labute approximate surface area is 184 Å². The van der Waals surface area contributed by atoms with Crippen LogP contribution in [-0.2, 0) is 0 Å². The van der Waals surface area contributed by atoms with Crippen molar-refractivity contribution < 1.29 is 29.9 Å². The number of ketones is 1. The van der Waals surface area contributed by atoms with Crippen molar-refractivity contribution in [3.63, 3.8) is 0 Å². The number of hydrogen-bond acceptors (Lipinski definition) is 6. The molecule has 0 saturated heterocycles. The van der Waals surface area contributed by atoms with E-state index in [1.807, 2.05) is 43.3 Å². The number of aryl methyl sites for hydroxylation is 1. The Morgan fingerprint density at radius 2 is 1.19 bits per heavy atom. The highest BCUT2D eigenvalue weighted by molar-refractivity contribution is 6.64. The van der Waals surface area contributed by atoms with Gasteiger partial charge in [0.1, 0.15) is 0 Å². The molecule has 3 rings (SSSR count). The van der Waals surface area contributed by atoms with Gasteiger partial charge in [-0.3, -0.25) is 4.79 Å². The molecular weight excluding hydrogens is 393 g/mol. The lowest BCUT2D eigenvalue weighted by Gasteiger charge is -1.99. The summed E-state index contributed by atoms with van der Waals surface area (Å²) in [6, 6.07) is 22.9. The van der Waals surface area contributed by atoms with Gasteiger partial charge in [0, 0.05) is 5.56 Å². The Morgan fingerprint density at radius 3 is 1.55 bits per heavy atom. The highest BCUT2D eigenvalue weighted by atomic mass is 16.4. The number of carbonyl (C=O) groups excluding carboxylic acids is 1. The average Bonchev–Trinajstić information content (AvgIpc) is 2.75. The molecule has 0 atom stereocenters. The maximum absolute atomic E-state index is 10.8. The van der Waals surface area contributed by atoms with Crippen LogP contribution in [0, 0.1) is 6.92 Å². The zero-order valence-electron chi connectivity index (χ0n) is 17.9.